The van der Waals surface area contributed by atoms with Crippen molar-refractivity contribution >= 4 is 17.8 Å². The van der Waals surface area contributed by atoms with Crippen LogP contribution in [0.5, 0.6) is 11.5 Å². The smallest absolute Gasteiger partial charge is 0.308 e. The van der Waals surface area contributed by atoms with Crippen LogP contribution in [-0.4, -0.2) is 42.1 Å². The van der Waals surface area contributed by atoms with Gasteiger partial charge in [0.1, 0.15) is 0 Å². The third-order valence-corrected chi connectivity index (χ3v) is 4.70. The molecule has 0 heterocycles. The van der Waals surface area contributed by atoms with Gasteiger partial charge in [0.05, 0.1) is 18.6 Å². The number of carbonyl (C=O) groups is 3. The molecule has 8 heteroatoms. The van der Waals surface area contributed by atoms with Crippen LogP contribution in [0.15, 0.2) is 18.2 Å². The molecule has 0 bridgehead atoms. The molecule has 0 aliphatic heterocycles. The van der Waals surface area contributed by atoms with Gasteiger partial charge in [-0.15, -0.1) is 0 Å². The molecule has 1 saturated carbocycles. The van der Waals surface area contributed by atoms with Gasteiger partial charge < -0.3 is 25.6 Å². The molecular formula is C18H24N2O6. The number of amides is 2. The van der Waals surface area contributed by atoms with Gasteiger partial charge in [0.2, 0.25) is 0 Å². The molecule has 2 amide bonds. The number of methoxy groups -OCH3 is 1. The van der Waals surface area contributed by atoms with E-state index in [4.69, 9.17) is 15.2 Å². The number of hydrogen-bond acceptors (Lipinski definition) is 5. The summed E-state index contributed by atoms with van der Waals surface area (Å²) in [5.74, 6) is -1.97. The van der Waals surface area contributed by atoms with Crippen molar-refractivity contribution in [2.24, 2.45) is 11.7 Å². The third kappa shape index (κ3) is 4.44. The lowest BCUT2D eigenvalue weighted by Crippen LogP contribution is -2.55. The Morgan fingerprint density at radius 2 is 2.04 bits per heavy atom. The second-order valence-corrected chi connectivity index (χ2v) is 6.63. The van der Waals surface area contributed by atoms with Gasteiger partial charge in [-0.25, -0.2) is 0 Å². The van der Waals surface area contributed by atoms with Crippen molar-refractivity contribution in [3.63, 3.8) is 0 Å². The molecule has 2 atom stereocenters. The minimum atomic E-state index is -0.903. The summed E-state index contributed by atoms with van der Waals surface area (Å²) in [5, 5.41) is 12.3. The molecule has 2 unspecified atom stereocenters. The number of carboxylic acid groups (broad SMARTS) is 1. The van der Waals surface area contributed by atoms with E-state index in [1.54, 1.807) is 6.92 Å². The highest BCUT2D eigenvalue weighted by molar-refractivity contribution is 5.95. The molecule has 1 aromatic carbocycles. The Bertz CT molecular complexity index is 705. The molecule has 0 radical (unpaired) electrons. The van der Waals surface area contributed by atoms with Crippen molar-refractivity contribution < 1.29 is 29.0 Å². The summed E-state index contributed by atoms with van der Waals surface area (Å²) in [6.45, 7) is 1.46. The highest BCUT2D eigenvalue weighted by atomic mass is 16.5. The number of nitrogens with one attached hydrogen (secondary N) is 1. The maximum atomic E-state index is 12.7. The second-order valence-electron chi connectivity index (χ2n) is 6.63. The average Bonchev–Trinajstić information content (AvgIpc) is 2.59. The van der Waals surface area contributed by atoms with E-state index in [0.717, 1.165) is 12.8 Å². The van der Waals surface area contributed by atoms with Crippen LogP contribution in [0.25, 0.3) is 0 Å². The fraction of sp³-hybridized carbons (Fsp3) is 0.500. The SMILES string of the molecule is COc1cc(C(=O)NC2(C)CCCCC2C(=O)O)ccc1OCC(N)=O. The van der Waals surface area contributed by atoms with E-state index in [-0.39, 0.29) is 24.0 Å². The van der Waals surface area contributed by atoms with E-state index >= 15 is 0 Å². The summed E-state index contributed by atoms with van der Waals surface area (Å²) in [6, 6.07) is 4.51. The Kier molecular flexibility index (Phi) is 6.07. The Hall–Kier alpha value is -2.77. The average molecular weight is 364 g/mol. The second kappa shape index (κ2) is 8.07. The van der Waals surface area contributed by atoms with Gasteiger partial charge in [-0.3, -0.25) is 14.4 Å². The lowest BCUT2D eigenvalue weighted by molar-refractivity contribution is -0.145. The molecule has 8 nitrogen and oxygen atoms in total. The summed E-state index contributed by atoms with van der Waals surface area (Å²) in [6.07, 6.45) is 2.84. The summed E-state index contributed by atoms with van der Waals surface area (Å²) in [4.78, 5) is 35.0. The van der Waals surface area contributed by atoms with Crippen LogP contribution in [0.4, 0.5) is 0 Å². The van der Waals surface area contributed by atoms with Crippen molar-refractivity contribution in [1.82, 2.24) is 5.32 Å². The monoisotopic (exact) mass is 364 g/mol. The molecule has 4 N–H and O–H groups in total. The zero-order chi connectivity index (χ0) is 19.3. The van der Waals surface area contributed by atoms with E-state index in [0.29, 0.717) is 18.4 Å². The number of hydrogen-bond donors (Lipinski definition) is 3. The summed E-state index contributed by atoms with van der Waals surface area (Å²) < 4.78 is 10.4. The summed E-state index contributed by atoms with van der Waals surface area (Å²) in [5.41, 5.74) is 4.55. The van der Waals surface area contributed by atoms with Gasteiger partial charge in [-0.05, 0) is 38.0 Å². The van der Waals surface area contributed by atoms with Crippen molar-refractivity contribution in [3.05, 3.63) is 23.8 Å². The van der Waals surface area contributed by atoms with Gasteiger partial charge in [-0.1, -0.05) is 12.8 Å². The molecule has 2 rings (SSSR count). The van der Waals surface area contributed by atoms with Gasteiger partial charge in [0, 0.05) is 5.56 Å². The number of ether oxygens (including phenoxy) is 2. The molecule has 0 saturated heterocycles. The van der Waals surface area contributed by atoms with Crippen LogP contribution >= 0.6 is 0 Å². The van der Waals surface area contributed by atoms with Crippen molar-refractivity contribution in [2.75, 3.05) is 13.7 Å². The van der Waals surface area contributed by atoms with Crippen LogP contribution in [0.3, 0.4) is 0 Å². The van der Waals surface area contributed by atoms with Crippen LogP contribution in [-0.2, 0) is 9.59 Å². The van der Waals surface area contributed by atoms with Gasteiger partial charge in [-0.2, -0.15) is 0 Å². The molecule has 26 heavy (non-hydrogen) atoms. The van der Waals surface area contributed by atoms with E-state index in [9.17, 15) is 19.5 Å². The highest BCUT2D eigenvalue weighted by Crippen LogP contribution is 2.34. The number of aliphatic carboxylic acids is 1. The maximum Gasteiger partial charge on any atom is 0.308 e. The first kappa shape index (κ1) is 19.6. The third-order valence-electron chi connectivity index (χ3n) is 4.70. The topological polar surface area (TPSA) is 128 Å². The number of primary amides is 1. The van der Waals surface area contributed by atoms with Crippen molar-refractivity contribution in [3.8, 4) is 11.5 Å². The predicted molar refractivity (Wildman–Crippen MR) is 93.1 cm³/mol. The van der Waals surface area contributed by atoms with Crippen LogP contribution in [0.2, 0.25) is 0 Å². The van der Waals surface area contributed by atoms with Crippen molar-refractivity contribution in [1.29, 1.82) is 0 Å². The molecule has 0 spiro atoms. The van der Waals surface area contributed by atoms with E-state index < -0.39 is 23.3 Å². The van der Waals surface area contributed by atoms with Gasteiger partial charge >= 0.3 is 5.97 Å². The Morgan fingerprint density at radius 1 is 1.31 bits per heavy atom. The molecule has 1 aliphatic carbocycles. The first-order valence-electron chi connectivity index (χ1n) is 8.41. The van der Waals surface area contributed by atoms with Crippen LogP contribution in [0.1, 0.15) is 43.0 Å². The fourth-order valence-electron chi connectivity index (χ4n) is 3.29. The first-order valence-corrected chi connectivity index (χ1v) is 8.41. The summed E-state index contributed by atoms with van der Waals surface area (Å²) >= 11 is 0. The number of benzene rings is 1. The van der Waals surface area contributed by atoms with Gasteiger partial charge in [0.15, 0.2) is 18.1 Å². The number of nitrogens with two attached hydrogens (primary N) is 1. The van der Waals surface area contributed by atoms with Crippen LogP contribution in [0, 0.1) is 5.92 Å². The molecule has 1 aliphatic rings. The number of carboxylic acids is 1. The molecular weight excluding hydrogens is 340 g/mol. The Morgan fingerprint density at radius 3 is 2.65 bits per heavy atom. The first-order chi connectivity index (χ1) is 12.3. The Balaban J connectivity index is 2.18. The van der Waals surface area contributed by atoms with Gasteiger partial charge in [0.25, 0.3) is 11.8 Å². The summed E-state index contributed by atoms with van der Waals surface area (Å²) in [7, 11) is 1.41. The van der Waals surface area contributed by atoms with Crippen LogP contribution < -0.4 is 20.5 Å². The zero-order valence-corrected chi connectivity index (χ0v) is 14.9. The molecule has 1 aromatic rings. The van der Waals surface area contributed by atoms with E-state index in [1.807, 2.05) is 0 Å². The zero-order valence-electron chi connectivity index (χ0n) is 14.9. The predicted octanol–water partition coefficient (Wildman–Crippen LogP) is 1.32. The number of rotatable bonds is 7. The minimum absolute atomic E-state index is 0.280. The maximum absolute atomic E-state index is 12.7. The van der Waals surface area contributed by atoms with Crippen molar-refractivity contribution in [2.45, 2.75) is 38.1 Å². The highest BCUT2D eigenvalue weighted by Gasteiger charge is 2.42. The molecule has 0 aromatic heterocycles. The molecule has 1 fully saturated rings. The van der Waals surface area contributed by atoms with E-state index in [1.165, 1.54) is 25.3 Å². The lowest BCUT2D eigenvalue weighted by atomic mass is 9.73. The van der Waals surface area contributed by atoms with E-state index in [2.05, 4.69) is 5.32 Å². The number of carbonyl (C=O) groups excluding carboxylic acids is 2. The lowest BCUT2D eigenvalue weighted by Gasteiger charge is -2.39. The minimum Gasteiger partial charge on any atom is -0.493 e. The Labute approximate surface area is 151 Å². The molecule has 142 valence electrons. The fourth-order valence-corrected chi connectivity index (χ4v) is 3.29. The largest absolute Gasteiger partial charge is 0.493 e. The standard InChI is InChI=1S/C18H24N2O6/c1-18(8-4-3-5-12(18)17(23)24)20-16(22)11-6-7-13(14(9-11)25-2)26-10-15(19)21/h6-7,9,12H,3-5,8,10H2,1-2H3,(H2,19,21)(H,20,22)(H,23,24). The quantitative estimate of drug-likeness (QED) is 0.669. The normalized spacial score (nSPS) is 22.3.